The Morgan fingerprint density at radius 2 is 1.91 bits per heavy atom. The van der Waals surface area contributed by atoms with Gasteiger partial charge in [-0.1, -0.05) is 11.6 Å². The zero-order valence-corrected chi connectivity index (χ0v) is 12.6. The molecule has 0 radical (unpaired) electrons. The van der Waals surface area contributed by atoms with Gasteiger partial charge in [-0.25, -0.2) is 4.98 Å². The topological polar surface area (TPSA) is 80.4 Å². The van der Waals surface area contributed by atoms with E-state index in [0.717, 1.165) is 16.5 Å². The minimum atomic E-state index is -0.440. The van der Waals surface area contributed by atoms with Gasteiger partial charge in [0, 0.05) is 22.5 Å². The van der Waals surface area contributed by atoms with E-state index in [4.69, 9.17) is 11.6 Å². The number of anilines is 1. The Bertz CT molecular complexity index is 894. The third-order valence-electron chi connectivity index (χ3n) is 3.15. The predicted octanol–water partition coefficient (Wildman–Crippen LogP) is 4.24. The predicted molar refractivity (Wildman–Crippen MR) is 91.1 cm³/mol. The van der Waals surface area contributed by atoms with Crippen molar-refractivity contribution in [1.82, 2.24) is 4.98 Å². The molecular formula is C16H11ClN4O2. The first-order valence-electron chi connectivity index (χ1n) is 6.72. The number of fused-ring (bicyclic) bond motifs is 1. The van der Waals surface area contributed by atoms with Gasteiger partial charge in [-0.3, -0.25) is 15.5 Å². The van der Waals surface area contributed by atoms with Gasteiger partial charge in [-0.15, -0.1) is 0 Å². The van der Waals surface area contributed by atoms with Gasteiger partial charge in [0.25, 0.3) is 5.69 Å². The Labute approximate surface area is 136 Å². The molecule has 0 saturated heterocycles. The van der Waals surface area contributed by atoms with Crippen LogP contribution in [0.1, 0.15) is 5.56 Å². The standard InChI is InChI=1S/C16H11ClN4O2/c17-13-4-7-15-12(9-13)3-8-16(19-15)20-18-10-11-1-5-14(6-2-11)21(22)23/h1-10H,(H,19,20)/b18-10+. The maximum atomic E-state index is 10.6. The molecule has 0 aliphatic carbocycles. The van der Waals surface area contributed by atoms with Gasteiger partial charge in [-0.05, 0) is 48.0 Å². The number of rotatable bonds is 4. The molecule has 0 saturated carbocycles. The number of nitrogens with zero attached hydrogens (tertiary/aromatic N) is 3. The summed E-state index contributed by atoms with van der Waals surface area (Å²) in [5.74, 6) is 0.595. The maximum Gasteiger partial charge on any atom is 0.269 e. The smallest absolute Gasteiger partial charge is 0.261 e. The van der Waals surface area contributed by atoms with E-state index >= 15 is 0 Å². The molecule has 0 amide bonds. The minimum Gasteiger partial charge on any atom is -0.261 e. The highest BCUT2D eigenvalue weighted by Crippen LogP contribution is 2.19. The molecule has 0 aliphatic heterocycles. The number of hydrazone groups is 1. The lowest BCUT2D eigenvalue weighted by Gasteiger charge is -2.02. The van der Waals surface area contributed by atoms with E-state index in [2.05, 4.69) is 15.5 Å². The fourth-order valence-corrected chi connectivity index (χ4v) is 2.19. The van der Waals surface area contributed by atoms with Crippen molar-refractivity contribution < 1.29 is 4.92 Å². The molecule has 0 aliphatic rings. The third kappa shape index (κ3) is 3.61. The third-order valence-corrected chi connectivity index (χ3v) is 3.38. The van der Waals surface area contributed by atoms with Gasteiger partial charge in [0.2, 0.25) is 0 Å². The minimum absolute atomic E-state index is 0.0463. The summed E-state index contributed by atoms with van der Waals surface area (Å²) in [6, 6.07) is 15.3. The van der Waals surface area contributed by atoms with Crippen LogP contribution in [0.15, 0.2) is 59.7 Å². The number of non-ortho nitro benzene ring substituents is 1. The van der Waals surface area contributed by atoms with Crippen molar-refractivity contribution in [3.8, 4) is 0 Å². The Balaban J connectivity index is 1.72. The number of hydrogen-bond donors (Lipinski definition) is 1. The van der Waals surface area contributed by atoms with Crippen LogP contribution in [-0.2, 0) is 0 Å². The number of aromatic nitrogens is 1. The summed E-state index contributed by atoms with van der Waals surface area (Å²) >= 11 is 5.93. The van der Waals surface area contributed by atoms with Gasteiger partial charge in [-0.2, -0.15) is 5.10 Å². The van der Waals surface area contributed by atoms with Gasteiger partial charge in [0.1, 0.15) is 5.82 Å². The Morgan fingerprint density at radius 1 is 1.13 bits per heavy atom. The fraction of sp³-hybridized carbons (Fsp3) is 0. The molecule has 6 nitrogen and oxygen atoms in total. The molecule has 114 valence electrons. The van der Waals surface area contributed by atoms with Crippen molar-refractivity contribution in [1.29, 1.82) is 0 Å². The van der Waals surface area contributed by atoms with E-state index in [-0.39, 0.29) is 5.69 Å². The Hall–Kier alpha value is -2.99. The largest absolute Gasteiger partial charge is 0.269 e. The zero-order valence-electron chi connectivity index (χ0n) is 11.8. The van der Waals surface area contributed by atoms with E-state index in [9.17, 15) is 10.1 Å². The molecule has 1 N–H and O–H groups in total. The van der Waals surface area contributed by atoms with Crippen LogP contribution in [0.2, 0.25) is 5.02 Å². The number of nitro benzene ring substituents is 1. The highest BCUT2D eigenvalue weighted by molar-refractivity contribution is 6.31. The van der Waals surface area contributed by atoms with Crippen molar-refractivity contribution in [2.45, 2.75) is 0 Å². The van der Waals surface area contributed by atoms with Crippen LogP contribution in [0.25, 0.3) is 10.9 Å². The molecule has 3 rings (SSSR count). The summed E-state index contributed by atoms with van der Waals surface area (Å²) in [5, 5.41) is 16.3. The van der Waals surface area contributed by atoms with E-state index < -0.39 is 4.92 Å². The van der Waals surface area contributed by atoms with Crippen molar-refractivity contribution in [3.63, 3.8) is 0 Å². The van der Waals surface area contributed by atoms with Crippen molar-refractivity contribution >= 4 is 40.2 Å². The summed E-state index contributed by atoms with van der Waals surface area (Å²) in [4.78, 5) is 14.6. The number of nitrogens with one attached hydrogen (secondary N) is 1. The average Bonchev–Trinajstić information content (AvgIpc) is 2.55. The van der Waals surface area contributed by atoms with Gasteiger partial charge >= 0.3 is 0 Å². The Kier molecular flexibility index (Phi) is 4.16. The number of nitro groups is 1. The lowest BCUT2D eigenvalue weighted by Crippen LogP contribution is -1.94. The number of halogens is 1. The lowest BCUT2D eigenvalue weighted by atomic mass is 10.2. The first kappa shape index (κ1) is 14.9. The number of benzene rings is 2. The van der Waals surface area contributed by atoms with E-state index in [1.165, 1.54) is 12.1 Å². The van der Waals surface area contributed by atoms with Crippen LogP contribution in [0.3, 0.4) is 0 Å². The molecule has 1 heterocycles. The summed E-state index contributed by atoms with van der Waals surface area (Å²) in [5.41, 5.74) is 4.43. The summed E-state index contributed by atoms with van der Waals surface area (Å²) in [7, 11) is 0. The second-order valence-corrected chi connectivity index (χ2v) is 5.19. The van der Waals surface area contributed by atoms with E-state index in [0.29, 0.717) is 10.8 Å². The molecular weight excluding hydrogens is 316 g/mol. The second-order valence-electron chi connectivity index (χ2n) is 4.75. The van der Waals surface area contributed by atoms with Crippen LogP contribution in [0, 0.1) is 10.1 Å². The Morgan fingerprint density at radius 3 is 2.65 bits per heavy atom. The van der Waals surface area contributed by atoms with Crippen molar-refractivity contribution in [2.75, 3.05) is 5.43 Å². The quantitative estimate of drug-likeness (QED) is 0.441. The molecule has 7 heteroatoms. The normalized spacial score (nSPS) is 11.0. The molecule has 0 fully saturated rings. The van der Waals surface area contributed by atoms with Gasteiger partial charge in [0.05, 0.1) is 16.7 Å². The van der Waals surface area contributed by atoms with Crippen LogP contribution < -0.4 is 5.43 Å². The molecule has 0 bridgehead atoms. The van der Waals surface area contributed by atoms with E-state index in [1.807, 2.05) is 18.2 Å². The summed E-state index contributed by atoms with van der Waals surface area (Å²) in [6.45, 7) is 0. The number of hydrogen-bond acceptors (Lipinski definition) is 5. The summed E-state index contributed by atoms with van der Waals surface area (Å²) in [6.07, 6.45) is 1.57. The van der Waals surface area contributed by atoms with Crippen LogP contribution in [0.5, 0.6) is 0 Å². The molecule has 1 aromatic heterocycles. The first-order valence-corrected chi connectivity index (χ1v) is 7.09. The summed E-state index contributed by atoms with van der Waals surface area (Å²) < 4.78 is 0. The maximum absolute atomic E-state index is 10.6. The van der Waals surface area contributed by atoms with Crippen LogP contribution in [-0.4, -0.2) is 16.1 Å². The highest BCUT2D eigenvalue weighted by atomic mass is 35.5. The average molecular weight is 327 g/mol. The zero-order chi connectivity index (χ0) is 16.2. The number of pyridine rings is 1. The fourth-order valence-electron chi connectivity index (χ4n) is 2.01. The molecule has 3 aromatic rings. The first-order chi connectivity index (χ1) is 11.1. The van der Waals surface area contributed by atoms with Crippen LogP contribution in [0.4, 0.5) is 11.5 Å². The van der Waals surface area contributed by atoms with Crippen molar-refractivity contribution in [3.05, 3.63) is 75.3 Å². The van der Waals surface area contributed by atoms with Gasteiger partial charge in [0.15, 0.2) is 0 Å². The monoisotopic (exact) mass is 326 g/mol. The molecule has 23 heavy (non-hydrogen) atoms. The lowest BCUT2D eigenvalue weighted by molar-refractivity contribution is -0.384. The van der Waals surface area contributed by atoms with E-state index in [1.54, 1.807) is 30.5 Å². The molecule has 0 unspecified atom stereocenters. The molecule has 0 spiro atoms. The van der Waals surface area contributed by atoms with Crippen LogP contribution >= 0.6 is 11.6 Å². The SMILES string of the molecule is O=[N+]([O-])c1ccc(/C=N/Nc2ccc3cc(Cl)ccc3n2)cc1. The molecule has 0 atom stereocenters. The van der Waals surface area contributed by atoms with Crippen molar-refractivity contribution in [2.24, 2.45) is 5.10 Å². The highest BCUT2D eigenvalue weighted by Gasteiger charge is 2.02. The van der Waals surface area contributed by atoms with Gasteiger partial charge < -0.3 is 0 Å². The second kappa shape index (κ2) is 6.41. The molecule has 2 aromatic carbocycles.